The summed E-state index contributed by atoms with van der Waals surface area (Å²) >= 11 is 3.27. The summed E-state index contributed by atoms with van der Waals surface area (Å²) in [6.45, 7) is -0.127. The van der Waals surface area contributed by atoms with E-state index in [1.165, 1.54) is 12.1 Å². The zero-order chi connectivity index (χ0) is 15.4. The first-order chi connectivity index (χ1) is 10.0. The zero-order valence-corrected chi connectivity index (χ0v) is 12.2. The highest BCUT2D eigenvalue weighted by Crippen LogP contribution is 2.33. The molecule has 2 rings (SSSR count). The van der Waals surface area contributed by atoms with Crippen LogP contribution in [0.25, 0.3) is 0 Å². The molecule has 21 heavy (non-hydrogen) atoms. The number of nitro benzene ring substituents is 1. The van der Waals surface area contributed by atoms with E-state index in [1.807, 2.05) is 6.07 Å². The first-order valence-electron chi connectivity index (χ1n) is 5.81. The Balaban J connectivity index is 2.37. The maximum atomic E-state index is 11.0. The molecule has 0 spiro atoms. The molecule has 0 fully saturated rings. The molecule has 2 aromatic rings. The lowest BCUT2D eigenvalue weighted by atomic mass is 10.2. The van der Waals surface area contributed by atoms with Gasteiger partial charge in [0.1, 0.15) is 5.75 Å². The Bertz CT molecular complexity index is 740. The Hall–Kier alpha value is -2.43. The van der Waals surface area contributed by atoms with Gasteiger partial charge in [-0.05, 0) is 29.8 Å². The van der Waals surface area contributed by atoms with E-state index in [0.717, 1.165) is 6.07 Å². The normalized spacial score (nSPS) is 9.95. The van der Waals surface area contributed by atoms with Gasteiger partial charge >= 0.3 is 5.69 Å². The van der Waals surface area contributed by atoms with Crippen LogP contribution in [-0.2, 0) is 6.61 Å². The van der Waals surface area contributed by atoms with Crippen LogP contribution < -0.4 is 4.74 Å². The average Bonchev–Trinajstić information content (AvgIpc) is 2.47. The van der Waals surface area contributed by atoms with Gasteiger partial charge in [-0.1, -0.05) is 22.0 Å². The number of ether oxygens (including phenoxy) is 1. The Morgan fingerprint density at radius 3 is 2.67 bits per heavy atom. The lowest BCUT2D eigenvalue weighted by Gasteiger charge is -2.08. The van der Waals surface area contributed by atoms with Gasteiger partial charge in [-0.15, -0.1) is 0 Å². The van der Waals surface area contributed by atoms with E-state index >= 15 is 0 Å². The molecule has 0 aromatic heterocycles. The van der Waals surface area contributed by atoms with Crippen LogP contribution in [0.3, 0.4) is 0 Å². The summed E-state index contributed by atoms with van der Waals surface area (Å²) < 4.78 is 6.13. The fraction of sp³-hybridized carbons (Fsp3) is 0.0714. The smallest absolute Gasteiger partial charge is 0.312 e. The number of nitriles is 1. The molecular weight excluding hydrogens is 340 g/mol. The minimum absolute atomic E-state index is 0.0441. The van der Waals surface area contributed by atoms with Crippen LogP contribution in [0.5, 0.6) is 11.5 Å². The van der Waals surface area contributed by atoms with Crippen molar-refractivity contribution in [3.63, 3.8) is 0 Å². The molecule has 0 aliphatic carbocycles. The molecule has 2 aromatic carbocycles. The first kappa shape index (κ1) is 15.0. The van der Waals surface area contributed by atoms with Crippen molar-refractivity contribution in [3.05, 3.63) is 62.1 Å². The number of halogens is 1. The molecule has 0 unspecified atom stereocenters. The van der Waals surface area contributed by atoms with E-state index in [4.69, 9.17) is 15.1 Å². The van der Waals surface area contributed by atoms with Crippen molar-refractivity contribution in [2.24, 2.45) is 0 Å². The standard InChI is InChI=1S/C14H9BrN2O4/c15-12-6-11(3-2-10(12)8-18)21-14-4-1-9(7-16)5-13(14)17(19)20/h1-6,18H,8H2. The van der Waals surface area contributed by atoms with Gasteiger partial charge < -0.3 is 9.84 Å². The van der Waals surface area contributed by atoms with Crippen LogP contribution in [-0.4, -0.2) is 10.0 Å². The Labute approximate surface area is 128 Å². The number of aliphatic hydroxyl groups excluding tert-OH is 1. The van der Waals surface area contributed by atoms with Gasteiger partial charge in [0.15, 0.2) is 0 Å². The molecule has 6 nitrogen and oxygen atoms in total. The summed E-state index contributed by atoms with van der Waals surface area (Å²) in [7, 11) is 0. The topological polar surface area (TPSA) is 96.4 Å². The van der Waals surface area contributed by atoms with E-state index in [-0.39, 0.29) is 23.6 Å². The van der Waals surface area contributed by atoms with Gasteiger partial charge in [0.05, 0.1) is 23.2 Å². The van der Waals surface area contributed by atoms with E-state index in [0.29, 0.717) is 15.8 Å². The summed E-state index contributed by atoms with van der Waals surface area (Å²) in [6, 6.07) is 10.7. The second-order valence-electron chi connectivity index (χ2n) is 4.06. The van der Waals surface area contributed by atoms with Crippen LogP contribution in [0.2, 0.25) is 0 Å². The third-order valence-electron chi connectivity index (χ3n) is 2.71. The van der Waals surface area contributed by atoms with E-state index in [2.05, 4.69) is 15.9 Å². The Kier molecular flexibility index (Phi) is 4.52. The summed E-state index contributed by atoms with van der Waals surface area (Å²) in [5, 5.41) is 28.9. The van der Waals surface area contributed by atoms with Crippen molar-refractivity contribution in [1.29, 1.82) is 5.26 Å². The fourth-order valence-corrected chi connectivity index (χ4v) is 2.15. The monoisotopic (exact) mass is 348 g/mol. The first-order valence-corrected chi connectivity index (χ1v) is 6.60. The quantitative estimate of drug-likeness (QED) is 0.673. The predicted molar refractivity (Wildman–Crippen MR) is 78.0 cm³/mol. The van der Waals surface area contributed by atoms with Crippen molar-refractivity contribution in [3.8, 4) is 17.6 Å². The predicted octanol–water partition coefficient (Wildman–Crippen LogP) is 3.51. The van der Waals surface area contributed by atoms with E-state index in [1.54, 1.807) is 18.2 Å². The molecule has 0 atom stereocenters. The molecule has 0 saturated carbocycles. The number of benzene rings is 2. The number of hydrogen-bond donors (Lipinski definition) is 1. The maximum absolute atomic E-state index is 11.0. The van der Waals surface area contributed by atoms with Gasteiger partial charge in [0, 0.05) is 10.5 Å². The van der Waals surface area contributed by atoms with Gasteiger partial charge in [0.2, 0.25) is 5.75 Å². The maximum Gasteiger partial charge on any atom is 0.312 e. The van der Waals surface area contributed by atoms with Crippen LogP contribution in [0.15, 0.2) is 40.9 Å². The lowest BCUT2D eigenvalue weighted by Crippen LogP contribution is -1.95. The highest BCUT2D eigenvalue weighted by atomic mass is 79.9. The van der Waals surface area contributed by atoms with Crippen LogP contribution >= 0.6 is 15.9 Å². The molecule has 0 amide bonds. The molecular formula is C14H9BrN2O4. The summed E-state index contributed by atoms with van der Waals surface area (Å²) in [5.74, 6) is 0.425. The number of hydrogen-bond acceptors (Lipinski definition) is 5. The summed E-state index contributed by atoms with van der Waals surface area (Å²) in [5.41, 5.74) is 0.582. The summed E-state index contributed by atoms with van der Waals surface area (Å²) in [6.07, 6.45) is 0. The van der Waals surface area contributed by atoms with Crippen molar-refractivity contribution >= 4 is 21.6 Å². The molecule has 106 valence electrons. The van der Waals surface area contributed by atoms with Crippen molar-refractivity contribution < 1.29 is 14.8 Å². The minimum atomic E-state index is -0.604. The number of nitrogens with zero attached hydrogens (tertiary/aromatic N) is 2. The zero-order valence-electron chi connectivity index (χ0n) is 10.6. The Morgan fingerprint density at radius 2 is 2.10 bits per heavy atom. The van der Waals surface area contributed by atoms with Gasteiger partial charge in [0.25, 0.3) is 0 Å². The molecule has 0 bridgehead atoms. The molecule has 1 N–H and O–H groups in total. The highest BCUT2D eigenvalue weighted by Gasteiger charge is 2.17. The van der Waals surface area contributed by atoms with Crippen LogP contribution in [0.1, 0.15) is 11.1 Å². The molecule has 0 radical (unpaired) electrons. The number of rotatable bonds is 4. The second kappa shape index (κ2) is 6.35. The molecule has 0 heterocycles. The van der Waals surface area contributed by atoms with E-state index < -0.39 is 4.92 Å². The Morgan fingerprint density at radius 1 is 1.33 bits per heavy atom. The molecule has 0 aliphatic heterocycles. The third-order valence-corrected chi connectivity index (χ3v) is 3.45. The van der Waals surface area contributed by atoms with E-state index in [9.17, 15) is 10.1 Å². The van der Waals surface area contributed by atoms with Crippen molar-refractivity contribution in [2.75, 3.05) is 0 Å². The molecule has 0 aliphatic rings. The minimum Gasteiger partial charge on any atom is -0.450 e. The highest BCUT2D eigenvalue weighted by molar-refractivity contribution is 9.10. The van der Waals surface area contributed by atoms with Crippen LogP contribution in [0, 0.1) is 21.4 Å². The number of nitro groups is 1. The fourth-order valence-electron chi connectivity index (χ4n) is 1.66. The largest absolute Gasteiger partial charge is 0.450 e. The summed E-state index contributed by atoms with van der Waals surface area (Å²) in [4.78, 5) is 10.4. The average molecular weight is 349 g/mol. The van der Waals surface area contributed by atoms with Gasteiger partial charge in [-0.25, -0.2) is 0 Å². The second-order valence-corrected chi connectivity index (χ2v) is 4.92. The van der Waals surface area contributed by atoms with Crippen LogP contribution in [0.4, 0.5) is 5.69 Å². The van der Waals surface area contributed by atoms with Crippen molar-refractivity contribution in [2.45, 2.75) is 6.61 Å². The van der Waals surface area contributed by atoms with Crippen molar-refractivity contribution in [1.82, 2.24) is 0 Å². The van der Waals surface area contributed by atoms with Gasteiger partial charge in [-0.2, -0.15) is 5.26 Å². The number of aliphatic hydroxyl groups is 1. The SMILES string of the molecule is N#Cc1ccc(Oc2ccc(CO)c(Br)c2)c([N+](=O)[O-])c1. The lowest BCUT2D eigenvalue weighted by molar-refractivity contribution is -0.385. The third kappa shape index (κ3) is 3.37. The van der Waals surface area contributed by atoms with Gasteiger partial charge in [-0.3, -0.25) is 10.1 Å². The molecule has 7 heteroatoms. The molecule has 0 saturated heterocycles.